The Labute approximate surface area is 83.8 Å². The number of carboxylic acids is 1. The predicted molar refractivity (Wildman–Crippen MR) is 56.8 cm³/mol. The van der Waals surface area contributed by atoms with E-state index < -0.39 is 12.0 Å². The first-order valence-electron chi connectivity index (χ1n) is 4.15. The molecule has 0 aliphatic carbocycles. The molecule has 13 heavy (non-hydrogen) atoms. The Bertz CT molecular complexity index is 224. The Balaban J connectivity index is 3.95. The summed E-state index contributed by atoms with van der Waals surface area (Å²) in [6.07, 6.45) is 3.64. The number of hydrogen-bond donors (Lipinski definition) is 2. The standard InChI is InChI=1S/C9H15NO2S/c1-6(2)4-5-8(13)10-7(3)9(11)12/h4-7H,1-3H3,(H,10,13)(H,11,12)/b5-4+/t7-/m0/s1. The Morgan fingerprint density at radius 3 is 2.38 bits per heavy atom. The molecular formula is C9H15NO2S. The SMILES string of the molecule is CC(C)/C=C/C(=S)N[C@@H](C)C(=O)O. The lowest BCUT2D eigenvalue weighted by Crippen LogP contribution is -2.36. The highest BCUT2D eigenvalue weighted by Crippen LogP contribution is 1.94. The van der Waals surface area contributed by atoms with Crippen LogP contribution in [0.4, 0.5) is 0 Å². The molecule has 2 N–H and O–H groups in total. The van der Waals surface area contributed by atoms with Crippen molar-refractivity contribution in [1.82, 2.24) is 5.32 Å². The maximum atomic E-state index is 10.4. The molecule has 0 saturated carbocycles. The number of allylic oxidation sites excluding steroid dienone is 1. The van der Waals surface area contributed by atoms with Crippen molar-refractivity contribution in [2.75, 3.05) is 0 Å². The Morgan fingerprint density at radius 1 is 1.46 bits per heavy atom. The van der Waals surface area contributed by atoms with Gasteiger partial charge in [-0.25, -0.2) is 0 Å². The molecule has 0 spiro atoms. The van der Waals surface area contributed by atoms with E-state index in [9.17, 15) is 4.79 Å². The van der Waals surface area contributed by atoms with Crippen LogP contribution >= 0.6 is 12.2 Å². The predicted octanol–water partition coefficient (Wildman–Crippen LogP) is 1.59. The molecular weight excluding hydrogens is 186 g/mol. The van der Waals surface area contributed by atoms with E-state index in [2.05, 4.69) is 5.32 Å². The first-order valence-corrected chi connectivity index (χ1v) is 4.55. The molecule has 0 saturated heterocycles. The lowest BCUT2D eigenvalue weighted by Gasteiger charge is -2.08. The average Bonchev–Trinajstić information content (AvgIpc) is 2.00. The minimum absolute atomic E-state index is 0.417. The normalized spacial score (nSPS) is 13.2. The topological polar surface area (TPSA) is 49.3 Å². The van der Waals surface area contributed by atoms with Crippen LogP contribution < -0.4 is 5.32 Å². The number of carbonyl (C=O) groups is 1. The van der Waals surface area contributed by atoms with Crippen LogP contribution in [-0.2, 0) is 4.79 Å². The van der Waals surface area contributed by atoms with Gasteiger partial charge in [-0.1, -0.05) is 32.1 Å². The Morgan fingerprint density at radius 2 is 2.00 bits per heavy atom. The summed E-state index contributed by atoms with van der Waals surface area (Å²) in [5.41, 5.74) is 0. The third kappa shape index (κ3) is 6.28. The molecule has 3 nitrogen and oxygen atoms in total. The van der Waals surface area contributed by atoms with Gasteiger partial charge in [-0.3, -0.25) is 4.79 Å². The van der Waals surface area contributed by atoms with E-state index in [0.29, 0.717) is 10.9 Å². The van der Waals surface area contributed by atoms with Gasteiger partial charge < -0.3 is 10.4 Å². The molecule has 0 bridgehead atoms. The number of carboxylic acid groups (broad SMARTS) is 1. The molecule has 0 rings (SSSR count). The van der Waals surface area contributed by atoms with Crippen LogP contribution in [0.2, 0.25) is 0 Å². The van der Waals surface area contributed by atoms with Crippen LogP contribution in [0.15, 0.2) is 12.2 Å². The van der Waals surface area contributed by atoms with Crippen molar-refractivity contribution in [2.45, 2.75) is 26.8 Å². The fourth-order valence-electron chi connectivity index (χ4n) is 0.603. The summed E-state index contributed by atoms with van der Waals surface area (Å²) in [6.45, 7) is 5.61. The van der Waals surface area contributed by atoms with E-state index in [0.717, 1.165) is 0 Å². The zero-order valence-electron chi connectivity index (χ0n) is 8.07. The molecule has 0 amide bonds. The van der Waals surface area contributed by atoms with Crippen LogP contribution in [0.5, 0.6) is 0 Å². The maximum Gasteiger partial charge on any atom is 0.325 e. The minimum atomic E-state index is -0.903. The van der Waals surface area contributed by atoms with Gasteiger partial charge in [0, 0.05) is 0 Å². The van der Waals surface area contributed by atoms with Gasteiger partial charge in [0.1, 0.15) is 6.04 Å². The highest BCUT2D eigenvalue weighted by atomic mass is 32.1. The second kappa shape index (κ2) is 5.70. The largest absolute Gasteiger partial charge is 0.480 e. The number of rotatable bonds is 4. The second-order valence-corrected chi connectivity index (χ2v) is 3.61. The molecule has 0 aromatic carbocycles. The summed E-state index contributed by atoms with van der Waals surface area (Å²) >= 11 is 4.91. The molecule has 0 unspecified atom stereocenters. The van der Waals surface area contributed by atoms with Gasteiger partial charge in [0.2, 0.25) is 0 Å². The third-order valence-electron chi connectivity index (χ3n) is 1.36. The van der Waals surface area contributed by atoms with Gasteiger partial charge in [0.15, 0.2) is 0 Å². The van der Waals surface area contributed by atoms with Gasteiger partial charge in [-0.05, 0) is 18.9 Å². The summed E-state index contributed by atoms with van der Waals surface area (Å²) in [6, 6.07) is -0.635. The van der Waals surface area contributed by atoms with Crippen molar-refractivity contribution in [3.8, 4) is 0 Å². The highest BCUT2D eigenvalue weighted by Gasteiger charge is 2.09. The van der Waals surface area contributed by atoms with E-state index in [4.69, 9.17) is 17.3 Å². The first-order chi connectivity index (χ1) is 5.93. The Kier molecular flexibility index (Phi) is 5.30. The number of thiocarbonyl (C=S) groups is 1. The second-order valence-electron chi connectivity index (χ2n) is 3.17. The van der Waals surface area contributed by atoms with Crippen LogP contribution in [0.25, 0.3) is 0 Å². The van der Waals surface area contributed by atoms with Gasteiger partial charge in [0.05, 0.1) is 4.99 Å². The van der Waals surface area contributed by atoms with Gasteiger partial charge >= 0.3 is 5.97 Å². The summed E-state index contributed by atoms with van der Waals surface area (Å²) in [5, 5.41) is 11.2. The molecule has 0 aromatic rings. The molecule has 0 aliphatic rings. The molecule has 1 atom stereocenters. The van der Waals surface area contributed by atoms with Crippen molar-refractivity contribution >= 4 is 23.2 Å². The first kappa shape index (κ1) is 12.1. The van der Waals surface area contributed by atoms with Crippen molar-refractivity contribution < 1.29 is 9.90 Å². The number of nitrogens with one attached hydrogen (secondary N) is 1. The van der Waals surface area contributed by atoms with E-state index in [-0.39, 0.29) is 0 Å². The minimum Gasteiger partial charge on any atom is -0.480 e. The van der Waals surface area contributed by atoms with Crippen LogP contribution in [0.1, 0.15) is 20.8 Å². The highest BCUT2D eigenvalue weighted by molar-refractivity contribution is 7.80. The van der Waals surface area contributed by atoms with Crippen molar-refractivity contribution in [2.24, 2.45) is 5.92 Å². The fraction of sp³-hybridized carbons (Fsp3) is 0.556. The summed E-state index contributed by atoms with van der Waals surface area (Å²) in [4.78, 5) is 10.9. The van der Waals surface area contributed by atoms with Gasteiger partial charge in [0.25, 0.3) is 0 Å². The van der Waals surface area contributed by atoms with E-state index in [1.807, 2.05) is 19.9 Å². The molecule has 4 heteroatoms. The monoisotopic (exact) mass is 201 g/mol. The lowest BCUT2D eigenvalue weighted by molar-refractivity contribution is -0.138. The quantitative estimate of drug-likeness (QED) is 0.535. The smallest absolute Gasteiger partial charge is 0.325 e. The molecule has 0 radical (unpaired) electrons. The zero-order chi connectivity index (χ0) is 10.4. The van der Waals surface area contributed by atoms with E-state index in [1.165, 1.54) is 0 Å². The molecule has 74 valence electrons. The molecule has 0 heterocycles. The zero-order valence-corrected chi connectivity index (χ0v) is 8.89. The van der Waals surface area contributed by atoms with Crippen LogP contribution in [-0.4, -0.2) is 22.1 Å². The Hall–Kier alpha value is -0.900. The molecule has 0 aromatic heterocycles. The summed E-state index contributed by atoms with van der Waals surface area (Å²) in [5.74, 6) is -0.486. The van der Waals surface area contributed by atoms with Crippen LogP contribution in [0, 0.1) is 5.92 Å². The molecule has 0 fully saturated rings. The number of aliphatic carboxylic acids is 1. The van der Waals surface area contributed by atoms with Crippen LogP contribution in [0.3, 0.4) is 0 Å². The van der Waals surface area contributed by atoms with E-state index >= 15 is 0 Å². The summed E-state index contributed by atoms with van der Waals surface area (Å²) in [7, 11) is 0. The molecule has 0 aliphatic heterocycles. The van der Waals surface area contributed by atoms with Gasteiger partial charge in [-0.15, -0.1) is 0 Å². The lowest BCUT2D eigenvalue weighted by atomic mass is 10.2. The summed E-state index contributed by atoms with van der Waals surface area (Å²) < 4.78 is 0. The van der Waals surface area contributed by atoms with Gasteiger partial charge in [-0.2, -0.15) is 0 Å². The average molecular weight is 201 g/mol. The third-order valence-corrected chi connectivity index (χ3v) is 1.62. The van der Waals surface area contributed by atoms with Crippen molar-refractivity contribution in [3.05, 3.63) is 12.2 Å². The maximum absolute atomic E-state index is 10.4. The van der Waals surface area contributed by atoms with E-state index in [1.54, 1.807) is 13.0 Å². The van der Waals surface area contributed by atoms with Crippen molar-refractivity contribution in [1.29, 1.82) is 0 Å². The number of hydrogen-bond acceptors (Lipinski definition) is 2. The fourth-order valence-corrected chi connectivity index (χ4v) is 0.858. The van der Waals surface area contributed by atoms with Crippen molar-refractivity contribution in [3.63, 3.8) is 0 Å².